The standard InChI is InChI=1S/C25H19BrClNO3/c1-31-24-20(13-16-9-5-6-10-18(16)22(24)26)25(30)28-21-12-11-17(27)14-19(21)23(29)15-7-3-2-4-8-15/h2-14,23,29H,1H3,(H,28,30). The summed E-state index contributed by atoms with van der Waals surface area (Å²) in [6.07, 6.45) is -0.944. The topological polar surface area (TPSA) is 58.6 Å². The number of fused-ring (bicyclic) bond motifs is 1. The second kappa shape index (κ2) is 9.10. The molecular formula is C25H19BrClNO3. The van der Waals surface area contributed by atoms with Crippen LogP contribution >= 0.6 is 27.5 Å². The number of nitrogens with one attached hydrogen (secondary N) is 1. The second-order valence-electron chi connectivity index (χ2n) is 6.99. The number of ether oxygens (including phenoxy) is 1. The van der Waals surface area contributed by atoms with Gasteiger partial charge in [-0.2, -0.15) is 0 Å². The molecule has 0 radical (unpaired) electrons. The Balaban J connectivity index is 1.75. The van der Waals surface area contributed by atoms with Crippen LogP contribution in [0, 0.1) is 0 Å². The van der Waals surface area contributed by atoms with Crippen molar-refractivity contribution >= 4 is 49.9 Å². The molecule has 2 N–H and O–H groups in total. The van der Waals surface area contributed by atoms with Gasteiger partial charge in [-0.1, -0.05) is 66.2 Å². The predicted octanol–water partition coefficient (Wildman–Crippen LogP) is 6.60. The molecule has 0 fully saturated rings. The fourth-order valence-corrected chi connectivity index (χ4v) is 4.45. The number of rotatable bonds is 5. The summed E-state index contributed by atoms with van der Waals surface area (Å²) in [5.41, 5.74) is 2.05. The Kier molecular flexibility index (Phi) is 6.28. The largest absolute Gasteiger partial charge is 0.495 e. The van der Waals surface area contributed by atoms with Gasteiger partial charge >= 0.3 is 0 Å². The summed E-state index contributed by atoms with van der Waals surface area (Å²) in [6, 6.07) is 23.7. The molecule has 4 nitrogen and oxygen atoms in total. The molecule has 6 heteroatoms. The highest BCUT2D eigenvalue weighted by molar-refractivity contribution is 9.10. The smallest absolute Gasteiger partial charge is 0.259 e. The number of hydrogen-bond acceptors (Lipinski definition) is 3. The SMILES string of the molecule is COc1c(C(=O)Nc2ccc(Cl)cc2C(O)c2ccccc2)cc2ccccc2c1Br. The van der Waals surface area contributed by atoms with Crippen LogP contribution in [0.5, 0.6) is 5.75 Å². The number of methoxy groups -OCH3 is 1. The van der Waals surface area contributed by atoms with Crippen LogP contribution in [0.2, 0.25) is 5.02 Å². The molecule has 0 aliphatic rings. The second-order valence-corrected chi connectivity index (χ2v) is 8.22. The monoisotopic (exact) mass is 495 g/mol. The molecule has 0 saturated heterocycles. The Morgan fingerprint density at radius 1 is 1.03 bits per heavy atom. The van der Waals surface area contributed by atoms with Crippen molar-refractivity contribution in [1.29, 1.82) is 0 Å². The molecule has 4 aromatic rings. The normalized spacial score (nSPS) is 11.9. The molecular weight excluding hydrogens is 478 g/mol. The van der Waals surface area contributed by atoms with Gasteiger partial charge in [0.15, 0.2) is 0 Å². The van der Waals surface area contributed by atoms with Crippen molar-refractivity contribution in [2.75, 3.05) is 12.4 Å². The fourth-order valence-electron chi connectivity index (χ4n) is 3.53. The Morgan fingerprint density at radius 3 is 2.48 bits per heavy atom. The number of amides is 1. The van der Waals surface area contributed by atoms with E-state index in [0.29, 0.717) is 37.6 Å². The van der Waals surface area contributed by atoms with E-state index >= 15 is 0 Å². The average Bonchev–Trinajstić information content (AvgIpc) is 2.80. The van der Waals surface area contributed by atoms with E-state index < -0.39 is 6.10 Å². The van der Waals surface area contributed by atoms with Crippen molar-refractivity contribution in [3.8, 4) is 5.75 Å². The Labute approximate surface area is 193 Å². The van der Waals surface area contributed by atoms with E-state index in [0.717, 1.165) is 10.8 Å². The van der Waals surface area contributed by atoms with Crippen molar-refractivity contribution in [3.63, 3.8) is 0 Å². The number of hydrogen-bond donors (Lipinski definition) is 2. The van der Waals surface area contributed by atoms with Gasteiger partial charge in [0.25, 0.3) is 5.91 Å². The molecule has 0 spiro atoms. The third kappa shape index (κ3) is 4.30. The van der Waals surface area contributed by atoms with Crippen LogP contribution in [-0.4, -0.2) is 18.1 Å². The number of aliphatic hydroxyl groups is 1. The number of carbonyl (C=O) groups is 1. The lowest BCUT2D eigenvalue weighted by Crippen LogP contribution is -2.16. The molecule has 0 aliphatic heterocycles. The molecule has 0 bridgehead atoms. The van der Waals surface area contributed by atoms with Crippen LogP contribution < -0.4 is 10.1 Å². The van der Waals surface area contributed by atoms with Crippen molar-refractivity contribution in [1.82, 2.24) is 0 Å². The first-order chi connectivity index (χ1) is 15.0. The minimum Gasteiger partial charge on any atom is -0.495 e. The van der Waals surface area contributed by atoms with Gasteiger partial charge in [-0.3, -0.25) is 4.79 Å². The minimum atomic E-state index is -0.944. The van der Waals surface area contributed by atoms with Gasteiger partial charge in [0.05, 0.1) is 17.1 Å². The maximum atomic E-state index is 13.3. The minimum absolute atomic E-state index is 0.355. The van der Waals surface area contributed by atoms with E-state index in [2.05, 4.69) is 21.2 Å². The van der Waals surface area contributed by atoms with Crippen molar-refractivity contribution in [2.24, 2.45) is 0 Å². The van der Waals surface area contributed by atoms with Gasteiger partial charge in [0.2, 0.25) is 0 Å². The highest BCUT2D eigenvalue weighted by Gasteiger charge is 2.21. The zero-order valence-corrected chi connectivity index (χ0v) is 18.9. The van der Waals surface area contributed by atoms with E-state index in [9.17, 15) is 9.90 Å². The molecule has 156 valence electrons. The van der Waals surface area contributed by atoms with Crippen LogP contribution in [0.1, 0.15) is 27.6 Å². The van der Waals surface area contributed by atoms with Crippen molar-refractivity contribution in [2.45, 2.75) is 6.10 Å². The molecule has 0 aromatic heterocycles. The Bertz CT molecular complexity index is 1260. The van der Waals surface area contributed by atoms with E-state index in [4.69, 9.17) is 16.3 Å². The van der Waals surface area contributed by atoms with Crippen LogP contribution in [-0.2, 0) is 0 Å². The summed E-state index contributed by atoms with van der Waals surface area (Å²) in [4.78, 5) is 13.3. The molecule has 31 heavy (non-hydrogen) atoms. The number of carbonyl (C=O) groups excluding carboxylic acids is 1. The third-order valence-corrected chi connectivity index (χ3v) is 6.08. The highest BCUT2D eigenvalue weighted by atomic mass is 79.9. The molecule has 4 aromatic carbocycles. The lowest BCUT2D eigenvalue weighted by molar-refractivity contribution is 0.102. The highest BCUT2D eigenvalue weighted by Crippen LogP contribution is 2.37. The fraction of sp³-hybridized carbons (Fsp3) is 0.0800. The number of benzene rings is 4. The number of aliphatic hydroxyl groups excluding tert-OH is 1. The lowest BCUT2D eigenvalue weighted by atomic mass is 9.99. The zero-order chi connectivity index (χ0) is 22.0. The Morgan fingerprint density at radius 2 is 1.74 bits per heavy atom. The predicted molar refractivity (Wildman–Crippen MR) is 128 cm³/mol. The lowest BCUT2D eigenvalue weighted by Gasteiger charge is -2.18. The van der Waals surface area contributed by atoms with Crippen LogP contribution in [0.4, 0.5) is 5.69 Å². The number of halogens is 2. The van der Waals surface area contributed by atoms with Crippen LogP contribution in [0.3, 0.4) is 0 Å². The molecule has 0 heterocycles. The average molecular weight is 497 g/mol. The van der Waals surface area contributed by atoms with Crippen molar-refractivity contribution < 1.29 is 14.6 Å². The summed E-state index contributed by atoms with van der Waals surface area (Å²) in [5.74, 6) is 0.0856. The summed E-state index contributed by atoms with van der Waals surface area (Å²) in [5, 5.41) is 16.2. The van der Waals surface area contributed by atoms with Gasteiger partial charge in [-0.25, -0.2) is 0 Å². The van der Waals surface area contributed by atoms with Gasteiger partial charge < -0.3 is 15.2 Å². The molecule has 1 unspecified atom stereocenters. The molecule has 1 amide bonds. The van der Waals surface area contributed by atoms with Crippen molar-refractivity contribution in [3.05, 3.63) is 105 Å². The number of anilines is 1. The third-order valence-electron chi connectivity index (χ3n) is 5.06. The summed E-state index contributed by atoms with van der Waals surface area (Å²) in [7, 11) is 1.53. The maximum absolute atomic E-state index is 13.3. The van der Waals surface area contributed by atoms with E-state index in [1.807, 2.05) is 54.6 Å². The van der Waals surface area contributed by atoms with Gasteiger partial charge in [-0.05, 0) is 56.5 Å². The molecule has 1 atom stereocenters. The summed E-state index contributed by atoms with van der Waals surface area (Å²) >= 11 is 9.75. The zero-order valence-electron chi connectivity index (χ0n) is 16.6. The first-order valence-electron chi connectivity index (χ1n) is 9.58. The maximum Gasteiger partial charge on any atom is 0.259 e. The molecule has 0 aliphatic carbocycles. The van der Waals surface area contributed by atoms with Gasteiger partial charge in [-0.15, -0.1) is 0 Å². The van der Waals surface area contributed by atoms with Crippen LogP contribution in [0.15, 0.2) is 83.3 Å². The van der Waals surface area contributed by atoms with Gasteiger partial charge in [0, 0.05) is 16.3 Å². The summed E-state index contributed by atoms with van der Waals surface area (Å²) < 4.78 is 6.24. The molecule has 0 saturated carbocycles. The Hall–Kier alpha value is -2.86. The molecule has 4 rings (SSSR count). The van der Waals surface area contributed by atoms with Crippen LogP contribution in [0.25, 0.3) is 10.8 Å². The van der Waals surface area contributed by atoms with E-state index in [-0.39, 0.29) is 5.91 Å². The van der Waals surface area contributed by atoms with E-state index in [1.54, 1.807) is 24.3 Å². The first-order valence-corrected chi connectivity index (χ1v) is 10.8. The van der Waals surface area contributed by atoms with E-state index in [1.165, 1.54) is 7.11 Å². The first kappa shape index (κ1) is 21.4. The summed E-state index contributed by atoms with van der Waals surface area (Å²) in [6.45, 7) is 0. The van der Waals surface area contributed by atoms with Gasteiger partial charge in [0.1, 0.15) is 11.9 Å². The quantitative estimate of drug-likeness (QED) is 0.327.